The fourth-order valence-electron chi connectivity index (χ4n) is 5.79. The lowest BCUT2D eigenvalue weighted by Gasteiger charge is -2.36. The molecule has 1 amide bonds. The zero-order chi connectivity index (χ0) is 32.7. The third-order valence-electron chi connectivity index (χ3n) is 8.35. The van der Waals surface area contributed by atoms with Crippen molar-refractivity contribution >= 4 is 28.7 Å². The summed E-state index contributed by atoms with van der Waals surface area (Å²) in [7, 11) is 0. The largest absolute Gasteiger partial charge is 0.392 e. The summed E-state index contributed by atoms with van der Waals surface area (Å²) in [6.07, 6.45) is 1.51. The molecule has 1 saturated heterocycles. The van der Waals surface area contributed by atoms with Crippen LogP contribution in [0.5, 0.6) is 0 Å². The molecule has 1 fully saturated rings. The van der Waals surface area contributed by atoms with Gasteiger partial charge in [0.05, 0.1) is 36.0 Å². The average molecular weight is 654 g/mol. The topological polar surface area (TPSA) is 93.6 Å². The Hall–Kier alpha value is -4.86. The Morgan fingerprint density at radius 3 is 2.33 bits per heavy atom. The van der Waals surface area contributed by atoms with Gasteiger partial charge in [0.25, 0.3) is 5.91 Å². The summed E-state index contributed by atoms with van der Waals surface area (Å²) in [5, 5.41) is 12.5. The molecule has 2 heterocycles. The Morgan fingerprint density at radius 2 is 1.52 bits per heavy atom. The van der Waals surface area contributed by atoms with E-state index in [1.165, 1.54) is 11.1 Å². The van der Waals surface area contributed by atoms with Gasteiger partial charge in [-0.15, -0.1) is 11.8 Å². The number of rotatable bonds is 10. The zero-order valence-electron chi connectivity index (χ0n) is 26.2. The van der Waals surface area contributed by atoms with Crippen molar-refractivity contribution < 1.29 is 19.4 Å². The number of carbonyl (C=O) groups excluding carboxylic acids is 1. The molecule has 48 heavy (non-hydrogen) atoms. The number of nitrogens with one attached hydrogen (secondary N) is 1. The van der Waals surface area contributed by atoms with Crippen LogP contribution in [0.2, 0.25) is 0 Å². The van der Waals surface area contributed by atoms with Gasteiger partial charge < -0.3 is 19.9 Å². The Morgan fingerprint density at radius 1 is 0.771 bits per heavy atom. The summed E-state index contributed by atoms with van der Waals surface area (Å²) in [6.45, 7) is 0.362. The molecule has 6 aromatic rings. The molecule has 5 aromatic carbocycles. The Balaban J connectivity index is 1.07. The van der Waals surface area contributed by atoms with Crippen molar-refractivity contribution in [2.24, 2.45) is 0 Å². The maximum atomic E-state index is 12.9. The van der Waals surface area contributed by atoms with E-state index in [2.05, 4.69) is 63.8 Å². The number of fused-ring (bicyclic) bond motifs is 1. The molecule has 0 spiro atoms. The fourth-order valence-corrected chi connectivity index (χ4v) is 6.74. The van der Waals surface area contributed by atoms with Crippen LogP contribution >= 0.6 is 11.8 Å². The molecule has 7 rings (SSSR count). The van der Waals surface area contributed by atoms with Crippen molar-refractivity contribution in [2.45, 2.75) is 43.0 Å². The van der Waals surface area contributed by atoms with E-state index >= 15 is 0 Å². The van der Waals surface area contributed by atoms with Gasteiger partial charge in [-0.1, -0.05) is 91.0 Å². The maximum Gasteiger partial charge on any atom is 0.271 e. The number of nitrogens with zero attached hydrogens (tertiary/aromatic N) is 2. The number of ether oxygens (including phenoxy) is 2. The lowest BCUT2D eigenvalue weighted by atomic mass is 9.99. The third kappa shape index (κ3) is 7.64. The van der Waals surface area contributed by atoms with Crippen LogP contribution < -0.4 is 5.32 Å². The first-order valence-corrected chi connectivity index (χ1v) is 17.0. The molecular weight excluding hydrogens is 619 g/mol. The van der Waals surface area contributed by atoms with Crippen LogP contribution in [0.4, 0.5) is 0 Å². The van der Waals surface area contributed by atoms with Crippen molar-refractivity contribution in [3.05, 3.63) is 162 Å². The van der Waals surface area contributed by atoms with Crippen LogP contribution in [0, 0.1) is 0 Å². The molecule has 7 nitrogen and oxygen atoms in total. The molecule has 0 saturated carbocycles. The number of aliphatic hydroxyl groups excluding tert-OH is 1. The van der Waals surface area contributed by atoms with E-state index in [0.29, 0.717) is 12.1 Å². The first-order valence-electron chi connectivity index (χ1n) is 16.0. The van der Waals surface area contributed by atoms with E-state index in [4.69, 9.17) is 9.47 Å². The van der Waals surface area contributed by atoms with Gasteiger partial charge in [-0.3, -0.25) is 9.78 Å². The number of amides is 1. The van der Waals surface area contributed by atoms with Crippen molar-refractivity contribution in [1.29, 1.82) is 0 Å². The van der Waals surface area contributed by atoms with E-state index in [1.54, 1.807) is 11.8 Å². The van der Waals surface area contributed by atoms with E-state index < -0.39 is 6.29 Å². The van der Waals surface area contributed by atoms with Crippen LogP contribution in [-0.2, 0) is 22.6 Å². The number of benzene rings is 5. The monoisotopic (exact) mass is 653 g/mol. The Labute approximate surface area is 284 Å². The Bertz CT molecular complexity index is 2000. The van der Waals surface area contributed by atoms with Crippen LogP contribution in [0.1, 0.15) is 51.6 Å². The van der Waals surface area contributed by atoms with Crippen molar-refractivity contribution in [3.63, 3.8) is 0 Å². The number of thioether (sulfide) groups is 1. The van der Waals surface area contributed by atoms with Crippen molar-refractivity contribution in [1.82, 2.24) is 15.3 Å². The highest BCUT2D eigenvalue weighted by molar-refractivity contribution is 7.99. The minimum Gasteiger partial charge on any atom is -0.392 e. The maximum absolute atomic E-state index is 12.9. The highest BCUT2D eigenvalue weighted by atomic mass is 32.2. The van der Waals surface area contributed by atoms with Gasteiger partial charge in [0.2, 0.25) is 0 Å². The predicted octanol–water partition coefficient (Wildman–Crippen LogP) is 8.06. The molecule has 1 aromatic heterocycles. The highest BCUT2D eigenvalue weighted by Crippen LogP contribution is 2.40. The normalized spacial score (nSPS) is 17.6. The number of hydrogen-bond acceptors (Lipinski definition) is 7. The number of aliphatic hydroxyl groups is 1. The van der Waals surface area contributed by atoms with Gasteiger partial charge in [0.15, 0.2) is 6.29 Å². The van der Waals surface area contributed by atoms with Gasteiger partial charge in [-0.25, -0.2) is 4.98 Å². The minimum atomic E-state index is -0.548. The molecule has 1 aliphatic rings. The van der Waals surface area contributed by atoms with E-state index in [1.807, 2.05) is 78.9 Å². The molecule has 0 bridgehead atoms. The summed E-state index contributed by atoms with van der Waals surface area (Å²) < 4.78 is 13.2. The summed E-state index contributed by atoms with van der Waals surface area (Å²) in [5.41, 5.74) is 7.61. The second kappa shape index (κ2) is 14.9. The second-order valence-electron chi connectivity index (χ2n) is 11.7. The molecular formula is C40H35N3O4S. The first-order chi connectivity index (χ1) is 23.6. The second-order valence-corrected chi connectivity index (χ2v) is 12.8. The average Bonchev–Trinajstić information content (AvgIpc) is 3.16. The lowest BCUT2D eigenvalue weighted by molar-refractivity contribution is -0.245. The molecule has 1 aliphatic heterocycles. The van der Waals surface area contributed by atoms with Crippen LogP contribution in [-0.4, -0.2) is 32.8 Å². The van der Waals surface area contributed by atoms with Crippen molar-refractivity contribution in [3.8, 4) is 11.1 Å². The molecule has 8 heteroatoms. The summed E-state index contributed by atoms with van der Waals surface area (Å²) in [4.78, 5) is 22.9. The summed E-state index contributed by atoms with van der Waals surface area (Å²) in [6, 6.07) is 42.2. The zero-order valence-corrected chi connectivity index (χ0v) is 27.1. The number of hydrogen-bond donors (Lipinski definition) is 2. The smallest absolute Gasteiger partial charge is 0.271 e. The first kappa shape index (κ1) is 31.7. The predicted molar refractivity (Wildman–Crippen MR) is 188 cm³/mol. The van der Waals surface area contributed by atoms with Gasteiger partial charge in [0, 0.05) is 29.2 Å². The van der Waals surface area contributed by atoms with Gasteiger partial charge >= 0.3 is 0 Å². The molecule has 0 radical (unpaired) electrons. The fraction of sp³-hybridized carbons (Fsp3) is 0.175. The van der Waals surface area contributed by atoms with E-state index in [-0.39, 0.29) is 30.4 Å². The van der Waals surface area contributed by atoms with Crippen LogP contribution in [0.25, 0.3) is 22.2 Å². The Kier molecular flexibility index (Phi) is 9.86. The lowest BCUT2D eigenvalue weighted by Crippen LogP contribution is -2.31. The van der Waals surface area contributed by atoms with Gasteiger partial charge in [-0.2, -0.15) is 0 Å². The third-order valence-corrected chi connectivity index (χ3v) is 9.49. The summed E-state index contributed by atoms with van der Waals surface area (Å²) in [5.74, 6) is 0.528. The standard InChI is InChI=1S/C40H35N3O4S/c44-25-27-16-18-29(19-17-27)38-22-33(26-48-34-12-2-1-3-13-34)46-40(47-38)32-11-7-10-31(21-32)30-9-6-8-28(20-30)23-42-39(45)37-24-41-35-14-4-5-15-36(35)43-37/h1-21,24,33,38,40,44H,22-23,25-26H2,(H,42,45). The number of para-hydroxylation sites is 2. The molecule has 0 aliphatic carbocycles. The van der Waals surface area contributed by atoms with E-state index in [9.17, 15) is 9.90 Å². The highest BCUT2D eigenvalue weighted by Gasteiger charge is 2.32. The van der Waals surface area contributed by atoms with Crippen LogP contribution in [0.15, 0.2) is 138 Å². The quantitative estimate of drug-likeness (QED) is 0.145. The molecule has 3 unspecified atom stereocenters. The summed E-state index contributed by atoms with van der Waals surface area (Å²) >= 11 is 1.78. The molecule has 2 N–H and O–H groups in total. The van der Waals surface area contributed by atoms with E-state index in [0.717, 1.165) is 51.1 Å². The SMILES string of the molecule is O=C(NCc1cccc(-c2cccc(C3OC(CSc4ccccc4)CC(c4ccc(CO)cc4)O3)c2)c1)c1cnc2ccccc2n1. The minimum absolute atomic E-state index is 0.00732. The van der Waals surface area contributed by atoms with Gasteiger partial charge in [-0.05, 0) is 64.2 Å². The molecule has 3 atom stereocenters. The van der Waals surface area contributed by atoms with Crippen LogP contribution in [0.3, 0.4) is 0 Å². The van der Waals surface area contributed by atoms with Gasteiger partial charge in [0.1, 0.15) is 5.69 Å². The number of aromatic nitrogens is 2. The molecule has 240 valence electrons. The van der Waals surface area contributed by atoms with Crippen molar-refractivity contribution in [2.75, 3.05) is 5.75 Å². The number of carbonyl (C=O) groups is 1.